The van der Waals surface area contributed by atoms with Crippen LogP contribution in [0, 0.1) is 6.92 Å². The number of nitrogens with zero attached hydrogens (tertiary/aromatic N) is 5. The number of anilines is 1. The molecular weight excluding hydrogens is 565 g/mol. The van der Waals surface area contributed by atoms with Gasteiger partial charge in [-0.2, -0.15) is 5.10 Å². The highest BCUT2D eigenvalue weighted by Gasteiger charge is 2.41. The maximum Gasteiger partial charge on any atom is 0.573 e. The fraction of sp³-hybridized carbons (Fsp3) is 0.267. The zero-order valence-electron chi connectivity index (χ0n) is 23.5. The van der Waals surface area contributed by atoms with Gasteiger partial charge in [0, 0.05) is 17.0 Å². The first-order chi connectivity index (χ1) is 19.8. The first kappa shape index (κ1) is 30.8. The molecule has 4 rings (SSSR count). The average Bonchev–Trinajstić information content (AvgIpc) is 3.22. The predicted molar refractivity (Wildman–Crippen MR) is 164 cm³/mol. The molecule has 0 bridgehead atoms. The van der Waals surface area contributed by atoms with E-state index in [2.05, 4.69) is 44.8 Å². The van der Waals surface area contributed by atoms with Gasteiger partial charge in [-0.15, -0.1) is 18.3 Å². The molecule has 220 valence electrons. The van der Waals surface area contributed by atoms with Crippen molar-refractivity contribution >= 4 is 46.7 Å². The number of benzene rings is 3. The zero-order chi connectivity index (χ0) is 30.5. The van der Waals surface area contributed by atoms with E-state index in [-0.39, 0.29) is 17.5 Å². The molecule has 1 heterocycles. The number of thioether (sulfide) groups is 1. The second-order valence-electron chi connectivity index (χ2n) is 10.1. The fourth-order valence-electron chi connectivity index (χ4n) is 4.16. The van der Waals surface area contributed by atoms with Crippen molar-refractivity contribution in [2.75, 3.05) is 10.7 Å². The van der Waals surface area contributed by atoms with Crippen LogP contribution < -0.4 is 15.4 Å². The van der Waals surface area contributed by atoms with Crippen LogP contribution in [0.5, 0.6) is 5.75 Å². The van der Waals surface area contributed by atoms with E-state index in [1.807, 2.05) is 36.1 Å². The number of aliphatic imine (C=N–C) groups is 2. The number of rotatable bonds is 8. The highest BCUT2D eigenvalue weighted by atomic mass is 32.2. The lowest BCUT2D eigenvalue weighted by molar-refractivity contribution is -0.274. The summed E-state index contributed by atoms with van der Waals surface area (Å²) in [6.45, 7) is 8.07. The molecule has 3 N–H and O–H groups in total. The second kappa shape index (κ2) is 12.8. The van der Waals surface area contributed by atoms with Gasteiger partial charge in [-0.25, -0.2) is 9.98 Å². The van der Waals surface area contributed by atoms with Gasteiger partial charge in [0.15, 0.2) is 10.9 Å². The molecule has 0 amide bonds. The Bertz CT molecular complexity index is 1520. The molecule has 1 aliphatic rings. The Kier molecular flexibility index (Phi) is 9.37. The monoisotopic (exact) mass is 596 g/mol. The highest BCUT2D eigenvalue weighted by molar-refractivity contribution is 8.14. The van der Waals surface area contributed by atoms with E-state index in [4.69, 9.17) is 5.73 Å². The lowest BCUT2D eigenvalue weighted by atomic mass is 9.97. The molecule has 3 aromatic rings. The van der Waals surface area contributed by atoms with Crippen LogP contribution in [0.25, 0.3) is 0 Å². The van der Waals surface area contributed by atoms with Crippen molar-refractivity contribution in [1.82, 2.24) is 0 Å². The largest absolute Gasteiger partial charge is 0.573 e. The van der Waals surface area contributed by atoms with E-state index >= 15 is 0 Å². The minimum absolute atomic E-state index is 0.207. The zero-order valence-corrected chi connectivity index (χ0v) is 24.3. The summed E-state index contributed by atoms with van der Waals surface area (Å²) >= 11 is 1.44. The maximum atomic E-state index is 12.3. The van der Waals surface area contributed by atoms with Crippen molar-refractivity contribution in [1.29, 1.82) is 0 Å². The summed E-state index contributed by atoms with van der Waals surface area (Å²) in [5.74, 6) is 0.595. The van der Waals surface area contributed by atoms with Gasteiger partial charge < -0.3 is 15.6 Å². The average molecular weight is 597 g/mol. The third-order valence-electron chi connectivity index (χ3n) is 6.22. The standard InChI is InChI=1S/C30H31F3N6O2S/c1-19(2)25-15-20(3)5-14-26(25)39-28(42-17-29(39,4)40)38-37-16-21-6-8-22(9-7-21)27(34)36-18-35-23-10-12-24(13-11-23)41-30(31,32)33/h5-16,18-19,40H,17H2,1-4H3,(H2,34,35,36)/b37-16+,38-28-. The molecule has 8 nitrogen and oxygen atoms in total. The second-order valence-corrected chi connectivity index (χ2v) is 11.1. The van der Waals surface area contributed by atoms with Crippen LogP contribution in [-0.4, -0.2) is 46.5 Å². The van der Waals surface area contributed by atoms with E-state index < -0.39 is 12.1 Å². The van der Waals surface area contributed by atoms with E-state index in [9.17, 15) is 18.3 Å². The van der Waals surface area contributed by atoms with Crippen LogP contribution in [0.15, 0.2) is 86.9 Å². The molecule has 0 spiro atoms. The van der Waals surface area contributed by atoms with Crippen LogP contribution in [0.4, 0.5) is 24.5 Å². The van der Waals surface area contributed by atoms with Crippen molar-refractivity contribution in [3.63, 3.8) is 0 Å². The summed E-state index contributed by atoms with van der Waals surface area (Å²) in [7, 11) is 0. The lowest BCUT2D eigenvalue weighted by Crippen LogP contribution is -2.45. The van der Waals surface area contributed by atoms with Crippen LogP contribution >= 0.6 is 11.8 Å². The first-order valence-electron chi connectivity index (χ1n) is 13.0. The molecule has 0 aromatic heterocycles. The molecule has 0 aliphatic carbocycles. The van der Waals surface area contributed by atoms with Crippen LogP contribution in [0.1, 0.15) is 48.9 Å². The Labute approximate surface area is 246 Å². The smallest absolute Gasteiger partial charge is 0.406 e. The van der Waals surface area contributed by atoms with Crippen molar-refractivity contribution in [3.8, 4) is 5.75 Å². The summed E-state index contributed by atoms with van der Waals surface area (Å²) in [4.78, 5) is 10.0. The fourth-order valence-corrected chi connectivity index (χ4v) is 5.22. The molecule has 0 saturated carbocycles. The number of hydrogen-bond acceptors (Lipinski definition) is 6. The van der Waals surface area contributed by atoms with Gasteiger partial charge >= 0.3 is 6.36 Å². The summed E-state index contributed by atoms with van der Waals surface area (Å²) in [5.41, 5.74) is 9.95. The van der Waals surface area contributed by atoms with Gasteiger partial charge in [-0.1, -0.05) is 67.6 Å². The Balaban J connectivity index is 1.43. The Hall–Kier alpha value is -4.16. The Morgan fingerprint density at radius 2 is 1.79 bits per heavy atom. The lowest BCUT2D eigenvalue weighted by Gasteiger charge is -2.33. The van der Waals surface area contributed by atoms with Gasteiger partial charge in [0.2, 0.25) is 0 Å². The first-order valence-corrected chi connectivity index (χ1v) is 14.0. The molecule has 1 aliphatic heterocycles. The molecule has 42 heavy (non-hydrogen) atoms. The molecule has 0 radical (unpaired) electrons. The van der Waals surface area contributed by atoms with Crippen LogP contribution in [0.3, 0.4) is 0 Å². The number of aliphatic hydroxyl groups is 1. The van der Waals surface area contributed by atoms with Crippen molar-refractivity contribution in [3.05, 3.63) is 89.0 Å². The Morgan fingerprint density at radius 3 is 2.43 bits per heavy atom. The number of amidine groups is 2. The minimum Gasteiger partial charge on any atom is -0.406 e. The molecule has 1 unspecified atom stereocenters. The number of ether oxygens (including phenoxy) is 1. The molecule has 12 heteroatoms. The van der Waals surface area contributed by atoms with Gasteiger partial charge in [-0.05, 0) is 61.2 Å². The van der Waals surface area contributed by atoms with Crippen LogP contribution in [0.2, 0.25) is 0 Å². The number of nitrogens with two attached hydrogens (primary N) is 1. The van der Waals surface area contributed by atoms with Gasteiger partial charge in [-0.3, -0.25) is 4.90 Å². The normalized spacial score (nSPS) is 19.1. The summed E-state index contributed by atoms with van der Waals surface area (Å²) in [6, 6.07) is 18.4. The third-order valence-corrected chi connectivity index (χ3v) is 7.44. The van der Waals surface area contributed by atoms with E-state index in [0.29, 0.717) is 22.2 Å². The van der Waals surface area contributed by atoms with Crippen molar-refractivity contribution in [2.24, 2.45) is 25.9 Å². The van der Waals surface area contributed by atoms with E-state index in [1.165, 1.54) is 30.2 Å². The molecule has 1 atom stereocenters. The summed E-state index contributed by atoms with van der Waals surface area (Å²) in [6.07, 6.45) is -1.92. The van der Waals surface area contributed by atoms with E-state index in [1.54, 1.807) is 25.3 Å². The molecule has 1 saturated heterocycles. The van der Waals surface area contributed by atoms with Crippen LogP contribution in [-0.2, 0) is 0 Å². The molecule has 1 fully saturated rings. The SMILES string of the molecule is Cc1ccc(N2/C(=N/N=C/c3ccc(C(N)=NC=Nc4ccc(OC(F)(F)F)cc4)cc3)SCC2(C)O)c(C(C)C)c1. The quantitative estimate of drug-likeness (QED) is 0.170. The summed E-state index contributed by atoms with van der Waals surface area (Å²) < 4.78 is 40.7. The van der Waals surface area contributed by atoms with Crippen molar-refractivity contribution in [2.45, 2.75) is 45.7 Å². The number of aryl methyl sites for hydroxylation is 1. The number of alkyl halides is 3. The number of hydrogen-bond donors (Lipinski definition) is 2. The number of halogens is 3. The topological polar surface area (TPSA) is 108 Å². The van der Waals surface area contributed by atoms with Gasteiger partial charge in [0.1, 0.15) is 17.9 Å². The van der Waals surface area contributed by atoms with Gasteiger partial charge in [0.25, 0.3) is 0 Å². The molecule has 3 aromatic carbocycles. The predicted octanol–water partition coefficient (Wildman–Crippen LogP) is 6.73. The maximum absolute atomic E-state index is 12.3. The highest BCUT2D eigenvalue weighted by Crippen LogP contribution is 2.40. The Morgan fingerprint density at radius 1 is 1.10 bits per heavy atom. The minimum atomic E-state index is -4.75. The van der Waals surface area contributed by atoms with Crippen molar-refractivity contribution < 1.29 is 23.0 Å². The van der Waals surface area contributed by atoms with E-state index in [0.717, 1.165) is 34.5 Å². The molecular formula is C30H31F3N6O2S. The summed E-state index contributed by atoms with van der Waals surface area (Å²) in [5, 5.41) is 20.4. The van der Waals surface area contributed by atoms with Gasteiger partial charge in [0.05, 0.1) is 11.9 Å². The third kappa shape index (κ3) is 7.98.